The van der Waals surface area contributed by atoms with Crippen LogP contribution in [0.2, 0.25) is 6.04 Å². The van der Waals surface area contributed by atoms with Crippen molar-refractivity contribution in [2.45, 2.75) is 303 Å². The summed E-state index contributed by atoms with van der Waals surface area (Å²) in [6, 6.07) is 0.941. The lowest BCUT2D eigenvalue weighted by Gasteiger charge is -2.30. The third kappa shape index (κ3) is 50.7. The lowest BCUT2D eigenvalue weighted by Crippen LogP contribution is -2.47. The summed E-state index contributed by atoms with van der Waals surface area (Å²) in [5.74, 6) is 0. The standard InChI is InChI=1S/C59H117NO3Si/c1-6-9-12-15-18-21-24-27-30-33-36-39-42-45-48-51-56-61-64(59-54-55-60(4)5,62-57-52-49-46-43-40-37-34-31-28-25-22-19-16-13-10-7-2)63-58-53-50-47-44-41-38-35-32-29-26-23-20-17-14-11-8-3/h27-32H,6-26,33-59H2,1-5H3/b30-27-,31-28-,32-29-. The summed E-state index contributed by atoms with van der Waals surface area (Å²) in [5, 5.41) is 0. The quantitative estimate of drug-likeness (QED) is 0.0346. The third-order valence-corrected chi connectivity index (χ3v) is 15.9. The Morgan fingerprint density at radius 1 is 0.281 bits per heavy atom. The maximum atomic E-state index is 6.84. The van der Waals surface area contributed by atoms with Crippen LogP contribution in [0.15, 0.2) is 36.5 Å². The molecule has 0 amide bonds. The van der Waals surface area contributed by atoms with E-state index in [0.717, 1.165) is 58.1 Å². The van der Waals surface area contributed by atoms with E-state index in [2.05, 4.69) is 76.2 Å². The molecule has 0 aliphatic rings. The first kappa shape index (κ1) is 63.3. The highest BCUT2D eigenvalue weighted by molar-refractivity contribution is 6.60. The molecule has 64 heavy (non-hydrogen) atoms. The molecule has 380 valence electrons. The van der Waals surface area contributed by atoms with Crippen LogP contribution >= 0.6 is 0 Å². The summed E-state index contributed by atoms with van der Waals surface area (Å²) in [5.41, 5.74) is 0. The van der Waals surface area contributed by atoms with Crippen LogP contribution < -0.4 is 0 Å². The van der Waals surface area contributed by atoms with E-state index in [1.807, 2.05) is 0 Å². The molecule has 0 rings (SSSR count). The van der Waals surface area contributed by atoms with Gasteiger partial charge in [0, 0.05) is 25.9 Å². The fourth-order valence-electron chi connectivity index (χ4n) is 8.69. The first-order valence-electron chi connectivity index (χ1n) is 29.1. The maximum absolute atomic E-state index is 6.84. The first-order valence-corrected chi connectivity index (χ1v) is 31.0. The van der Waals surface area contributed by atoms with E-state index in [0.29, 0.717) is 0 Å². The van der Waals surface area contributed by atoms with Crippen LogP contribution in [-0.4, -0.2) is 54.2 Å². The summed E-state index contributed by atoms with van der Waals surface area (Å²) >= 11 is 0. The van der Waals surface area contributed by atoms with Crippen LogP contribution in [0.4, 0.5) is 0 Å². The molecular weight excluding hydrogens is 799 g/mol. The molecule has 0 N–H and O–H groups in total. The monoisotopic (exact) mass is 916 g/mol. The average Bonchev–Trinajstić information content (AvgIpc) is 3.29. The summed E-state index contributed by atoms with van der Waals surface area (Å²) in [6.07, 6.45) is 71.5. The van der Waals surface area contributed by atoms with Crippen LogP contribution in [0.3, 0.4) is 0 Å². The molecule has 0 radical (unpaired) electrons. The molecule has 0 spiro atoms. The fraction of sp³-hybridized carbons (Fsp3) is 0.898. The van der Waals surface area contributed by atoms with Gasteiger partial charge in [0.15, 0.2) is 0 Å². The Morgan fingerprint density at radius 2 is 0.500 bits per heavy atom. The van der Waals surface area contributed by atoms with Crippen molar-refractivity contribution in [1.82, 2.24) is 4.90 Å². The van der Waals surface area contributed by atoms with Gasteiger partial charge in [0.25, 0.3) is 0 Å². The normalized spacial score (nSPS) is 12.5. The molecule has 0 fully saturated rings. The average molecular weight is 917 g/mol. The van der Waals surface area contributed by atoms with Crippen LogP contribution in [-0.2, 0) is 13.3 Å². The van der Waals surface area contributed by atoms with Crippen LogP contribution in [0.25, 0.3) is 0 Å². The minimum Gasteiger partial charge on any atom is -0.373 e. The molecule has 0 bridgehead atoms. The van der Waals surface area contributed by atoms with E-state index in [-0.39, 0.29) is 0 Å². The van der Waals surface area contributed by atoms with E-state index in [1.165, 1.54) is 250 Å². The molecule has 0 unspecified atom stereocenters. The van der Waals surface area contributed by atoms with E-state index in [1.54, 1.807) is 0 Å². The van der Waals surface area contributed by atoms with Gasteiger partial charge in [0.05, 0.1) is 0 Å². The number of allylic oxidation sites excluding steroid dienone is 6. The zero-order valence-electron chi connectivity index (χ0n) is 44.6. The smallest absolute Gasteiger partial charge is 0.373 e. The predicted octanol–water partition coefficient (Wildman–Crippen LogP) is 20.0. The minimum atomic E-state index is -2.74. The van der Waals surface area contributed by atoms with Crippen molar-refractivity contribution in [3.63, 3.8) is 0 Å². The molecule has 0 aromatic carbocycles. The highest BCUT2D eigenvalue weighted by Crippen LogP contribution is 2.22. The summed E-state index contributed by atoms with van der Waals surface area (Å²) in [6.45, 7) is 10.3. The molecule has 0 aliphatic heterocycles. The van der Waals surface area contributed by atoms with Gasteiger partial charge in [0.2, 0.25) is 0 Å². The number of unbranched alkanes of at least 4 members (excludes halogenated alkanes) is 36. The molecule has 0 heterocycles. The lowest BCUT2D eigenvalue weighted by molar-refractivity contribution is 0.0543. The maximum Gasteiger partial charge on any atom is 0.501 e. The van der Waals surface area contributed by atoms with Gasteiger partial charge >= 0.3 is 8.80 Å². The Balaban J connectivity index is 4.67. The molecule has 5 heteroatoms. The van der Waals surface area contributed by atoms with Gasteiger partial charge in [-0.05, 0) is 123 Å². The van der Waals surface area contributed by atoms with E-state index >= 15 is 0 Å². The van der Waals surface area contributed by atoms with Gasteiger partial charge in [-0.3, -0.25) is 0 Å². The Labute approximate surface area is 405 Å². The minimum absolute atomic E-state index is 0.788. The van der Waals surface area contributed by atoms with E-state index in [4.69, 9.17) is 13.3 Å². The molecule has 0 aromatic heterocycles. The lowest BCUT2D eigenvalue weighted by atomic mass is 10.1. The van der Waals surface area contributed by atoms with Gasteiger partial charge in [-0.1, -0.05) is 231 Å². The Bertz CT molecular complexity index is 843. The van der Waals surface area contributed by atoms with Gasteiger partial charge in [-0.15, -0.1) is 0 Å². The Hall–Kier alpha value is -0.723. The molecule has 0 aromatic rings. The zero-order chi connectivity index (χ0) is 46.4. The fourth-order valence-corrected chi connectivity index (χ4v) is 11.3. The van der Waals surface area contributed by atoms with Gasteiger partial charge in [-0.2, -0.15) is 0 Å². The number of hydrogen-bond acceptors (Lipinski definition) is 4. The molecular formula is C59H117NO3Si. The molecule has 0 saturated carbocycles. The molecule has 0 atom stereocenters. The van der Waals surface area contributed by atoms with E-state index < -0.39 is 8.80 Å². The highest BCUT2D eigenvalue weighted by Gasteiger charge is 2.40. The third-order valence-electron chi connectivity index (χ3n) is 13.0. The van der Waals surface area contributed by atoms with Crippen molar-refractivity contribution in [2.75, 3.05) is 40.5 Å². The Kier molecular flexibility index (Phi) is 54.3. The summed E-state index contributed by atoms with van der Waals surface area (Å²) < 4.78 is 20.5. The topological polar surface area (TPSA) is 30.9 Å². The summed E-state index contributed by atoms with van der Waals surface area (Å²) in [7, 11) is 1.62. The second-order valence-corrected chi connectivity index (χ2v) is 22.7. The van der Waals surface area contributed by atoms with Crippen molar-refractivity contribution in [3.8, 4) is 0 Å². The highest BCUT2D eigenvalue weighted by atomic mass is 28.4. The van der Waals surface area contributed by atoms with Crippen molar-refractivity contribution in [3.05, 3.63) is 36.5 Å². The number of rotatable bonds is 55. The van der Waals surface area contributed by atoms with Gasteiger partial charge in [-0.25, -0.2) is 0 Å². The van der Waals surface area contributed by atoms with Gasteiger partial charge in [0.1, 0.15) is 0 Å². The molecule has 0 aliphatic carbocycles. The van der Waals surface area contributed by atoms with Crippen molar-refractivity contribution in [2.24, 2.45) is 0 Å². The van der Waals surface area contributed by atoms with Crippen LogP contribution in [0.5, 0.6) is 0 Å². The first-order chi connectivity index (χ1) is 31.6. The van der Waals surface area contributed by atoms with Crippen LogP contribution in [0.1, 0.15) is 297 Å². The Morgan fingerprint density at radius 3 is 0.734 bits per heavy atom. The number of hydrogen-bond donors (Lipinski definition) is 0. The molecule has 0 saturated heterocycles. The van der Waals surface area contributed by atoms with Crippen molar-refractivity contribution >= 4 is 8.80 Å². The predicted molar refractivity (Wildman–Crippen MR) is 290 cm³/mol. The van der Waals surface area contributed by atoms with E-state index in [9.17, 15) is 0 Å². The largest absolute Gasteiger partial charge is 0.501 e. The zero-order valence-corrected chi connectivity index (χ0v) is 45.6. The second-order valence-electron chi connectivity index (χ2n) is 19.9. The van der Waals surface area contributed by atoms with Crippen molar-refractivity contribution in [1.29, 1.82) is 0 Å². The molecule has 4 nitrogen and oxygen atoms in total. The summed E-state index contributed by atoms with van der Waals surface area (Å²) in [4.78, 5) is 2.29. The van der Waals surface area contributed by atoms with Crippen LogP contribution in [0, 0.1) is 0 Å². The number of nitrogens with zero attached hydrogens (tertiary/aromatic N) is 1. The van der Waals surface area contributed by atoms with Crippen molar-refractivity contribution < 1.29 is 13.3 Å². The second kappa shape index (κ2) is 54.9. The SMILES string of the molecule is CCCCCCCC/C=C\CCCCCCCCO[Si](CCCN(C)C)(OCCCCCCCC/C=C\CCCCCCCC)OCCCCCCCC/C=C\CCCCCCCC. The van der Waals surface area contributed by atoms with Gasteiger partial charge < -0.3 is 18.2 Å².